The molecule has 4 rings (SSSR count). The van der Waals surface area contributed by atoms with Crippen LogP contribution in [0.25, 0.3) is 10.8 Å². The molecular formula is C19H22Cl2N2S. The van der Waals surface area contributed by atoms with Gasteiger partial charge in [-0.25, -0.2) is 0 Å². The van der Waals surface area contributed by atoms with Crippen LogP contribution in [0, 0.1) is 0 Å². The van der Waals surface area contributed by atoms with Crippen LogP contribution in [0.4, 0.5) is 0 Å². The summed E-state index contributed by atoms with van der Waals surface area (Å²) in [5.74, 6) is 0. The Morgan fingerprint density at radius 2 is 1.62 bits per heavy atom. The highest BCUT2D eigenvalue weighted by molar-refractivity contribution is 7.10. The number of benzene rings is 2. The molecule has 0 amide bonds. The van der Waals surface area contributed by atoms with Gasteiger partial charge in [0, 0.05) is 31.1 Å². The molecule has 128 valence electrons. The third kappa shape index (κ3) is 3.93. The first-order valence-electron chi connectivity index (χ1n) is 7.89. The molecule has 0 saturated carbocycles. The van der Waals surface area contributed by atoms with Crippen molar-refractivity contribution in [1.29, 1.82) is 0 Å². The van der Waals surface area contributed by atoms with E-state index >= 15 is 0 Å². The van der Waals surface area contributed by atoms with Crippen molar-refractivity contribution in [2.75, 3.05) is 26.2 Å². The Morgan fingerprint density at radius 1 is 0.875 bits per heavy atom. The zero-order chi connectivity index (χ0) is 14.8. The average molecular weight is 381 g/mol. The van der Waals surface area contributed by atoms with Crippen LogP contribution in [0.5, 0.6) is 0 Å². The van der Waals surface area contributed by atoms with E-state index in [4.69, 9.17) is 0 Å². The molecule has 1 aliphatic heterocycles. The Morgan fingerprint density at radius 3 is 2.33 bits per heavy atom. The first kappa shape index (κ1) is 19.2. The minimum atomic E-state index is 0. The fourth-order valence-electron chi connectivity index (χ4n) is 3.32. The topological polar surface area (TPSA) is 15.3 Å². The van der Waals surface area contributed by atoms with Gasteiger partial charge in [0.05, 0.1) is 6.04 Å². The molecule has 2 heterocycles. The van der Waals surface area contributed by atoms with Crippen LogP contribution in [-0.4, -0.2) is 31.1 Å². The van der Waals surface area contributed by atoms with Crippen molar-refractivity contribution < 1.29 is 0 Å². The maximum Gasteiger partial charge on any atom is 0.0697 e. The van der Waals surface area contributed by atoms with Crippen molar-refractivity contribution >= 4 is 46.9 Å². The van der Waals surface area contributed by atoms with E-state index in [0.29, 0.717) is 6.04 Å². The van der Waals surface area contributed by atoms with E-state index in [1.54, 1.807) is 0 Å². The van der Waals surface area contributed by atoms with Crippen molar-refractivity contribution in [2.45, 2.75) is 6.04 Å². The van der Waals surface area contributed by atoms with Gasteiger partial charge in [-0.2, -0.15) is 0 Å². The summed E-state index contributed by atoms with van der Waals surface area (Å²) in [5.41, 5.74) is 1.41. The van der Waals surface area contributed by atoms with Gasteiger partial charge in [0.15, 0.2) is 0 Å². The van der Waals surface area contributed by atoms with E-state index in [9.17, 15) is 0 Å². The highest BCUT2D eigenvalue weighted by Crippen LogP contribution is 2.33. The van der Waals surface area contributed by atoms with Crippen molar-refractivity contribution in [3.05, 3.63) is 70.4 Å². The van der Waals surface area contributed by atoms with Gasteiger partial charge in [0.1, 0.15) is 0 Å². The van der Waals surface area contributed by atoms with E-state index < -0.39 is 0 Å². The van der Waals surface area contributed by atoms with E-state index in [0.717, 1.165) is 26.2 Å². The lowest BCUT2D eigenvalue weighted by Gasteiger charge is -2.35. The van der Waals surface area contributed by atoms with Crippen molar-refractivity contribution in [2.24, 2.45) is 0 Å². The van der Waals surface area contributed by atoms with Gasteiger partial charge in [-0.15, -0.1) is 36.2 Å². The molecule has 2 nitrogen and oxygen atoms in total. The molecule has 1 aromatic heterocycles. The quantitative estimate of drug-likeness (QED) is 0.705. The van der Waals surface area contributed by atoms with Gasteiger partial charge in [-0.05, 0) is 33.8 Å². The molecule has 0 spiro atoms. The molecule has 5 heteroatoms. The van der Waals surface area contributed by atoms with Crippen molar-refractivity contribution in [3.63, 3.8) is 0 Å². The van der Waals surface area contributed by atoms with E-state index in [2.05, 4.69) is 70.2 Å². The number of thiophene rings is 1. The van der Waals surface area contributed by atoms with Gasteiger partial charge in [-0.3, -0.25) is 4.90 Å². The Kier molecular flexibility index (Phi) is 7.08. The van der Waals surface area contributed by atoms with Crippen LogP contribution in [0.15, 0.2) is 60.0 Å². The molecule has 0 aliphatic carbocycles. The molecule has 2 aromatic carbocycles. The second-order valence-corrected chi connectivity index (χ2v) is 6.79. The summed E-state index contributed by atoms with van der Waals surface area (Å²) >= 11 is 1.86. The Labute approximate surface area is 159 Å². The van der Waals surface area contributed by atoms with E-state index in [1.165, 1.54) is 21.2 Å². The zero-order valence-corrected chi connectivity index (χ0v) is 15.8. The second-order valence-electron chi connectivity index (χ2n) is 5.81. The fourth-order valence-corrected chi connectivity index (χ4v) is 4.21. The van der Waals surface area contributed by atoms with Crippen LogP contribution in [0.1, 0.15) is 16.5 Å². The summed E-state index contributed by atoms with van der Waals surface area (Å²) in [5, 5.41) is 8.29. The third-order valence-electron chi connectivity index (χ3n) is 4.42. The van der Waals surface area contributed by atoms with Crippen molar-refractivity contribution in [1.82, 2.24) is 10.2 Å². The normalized spacial score (nSPS) is 16.2. The predicted octanol–water partition coefficient (Wildman–Crippen LogP) is 4.74. The fraction of sp³-hybridized carbons (Fsp3) is 0.263. The summed E-state index contributed by atoms with van der Waals surface area (Å²) in [6, 6.07) is 20.4. The second kappa shape index (κ2) is 8.84. The minimum Gasteiger partial charge on any atom is -0.314 e. The first-order valence-corrected chi connectivity index (χ1v) is 8.77. The van der Waals surface area contributed by atoms with E-state index in [-0.39, 0.29) is 24.8 Å². The molecule has 3 aromatic rings. The van der Waals surface area contributed by atoms with Gasteiger partial charge in [0.2, 0.25) is 0 Å². The standard InChI is InChI=1S/C19H20N2S.2ClH/c1-2-5-16-14-17(8-7-15(16)4-1)19(18-6-3-13-22-18)21-11-9-20-10-12-21;;/h1-8,13-14,19-20H,9-12H2;2*1H/t19-;;/m0../s1. The molecule has 0 unspecified atom stereocenters. The van der Waals surface area contributed by atoms with Gasteiger partial charge < -0.3 is 5.32 Å². The SMILES string of the molecule is Cl.Cl.c1csc([C@H](c2ccc3ccccc3c2)N2CCNCC2)c1. The van der Waals surface area contributed by atoms with Crippen LogP contribution in [-0.2, 0) is 0 Å². The van der Waals surface area contributed by atoms with Crippen molar-refractivity contribution in [3.8, 4) is 0 Å². The number of piperazine rings is 1. The number of nitrogens with zero attached hydrogens (tertiary/aromatic N) is 1. The minimum absolute atomic E-state index is 0. The maximum atomic E-state index is 3.46. The molecule has 1 atom stereocenters. The summed E-state index contributed by atoms with van der Waals surface area (Å²) in [4.78, 5) is 4.05. The third-order valence-corrected chi connectivity index (χ3v) is 5.34. The highest BCUT2D eigenvalue weighted by Gasteiger charge is 2.24. The average Bonchev–Trinajstić information content (AvgIpc) is 3.10. The maximum absolute atomic E-state index is 3.46. The lowest BCUT2D eigenvalue weighted by molar-refractivity contribution is 0.201. The van der Waals surface area contributed by atoms with Crippen LogP contribution in [0.3, 0.4) is 0 Å². The zero-order valence-electron chi connectivity index (χ0n) is 13.4. The Hall–Kier alpha value is -1.10. The summed E-state index contributed by atoms with van der Waals surface area (Å²) in [6.07, 6.45) is 0. The van der Waals surface area contributed by atoms with Crippen LogP contribution < -0.4 is 5.32 Å². The Balaban J connectivity index is 0.00000104. The smallest absolute Gasteiger partial charge is 0.0697 e. The van der Waals surface area contributed by atoms with Gasteiger partial charge >= 0.3 is 0 Å². The molecular weight excluding hydrogens is 359 g/mol. The van der Waals surface area contributed by atoms with Crippen LogP contribution >= 0.6 is 36.2 Å². The molecule has 0 radical (unpaired) electrons. The van der Waals surface area contributed by atoms with E-state index in [1.807, 2.05) is 11.3 Å². The molecule has 1 aliphatic rings. The number of fused-ring (bicyclic) bond motifs is 1. The first-order chi connectivity index (χ1) is 10.9. The summed E-state index contributed by atoms with van der Waals surface area (Å²) < 4.78 is 0. The summed E-state index contributed by atoms with van der Waals surface area (Å²) in [6.45, 7) is 4.37. The molecule has 24 heavy (non-hydrogen) atoms. The highest BCUT2D eigenvalue weighted by atomic mass is 35.5. The van der Waals surface area contributed by atoms with Gasteiger partial charge in [0.25, 0.3) is 0 Å². The monoisotopic (exact) mass is 380 g/mol. The number of halogens is 2. The molecule has 1 fully saturated rings. The number of hydrogen-bond acceptors (Lipinski definition) is 3. The van der Waals surface area contributed by atoms with Crippen LogP contribution in [0.2, 0.25) is 0 Å². The number of rotatable bonds is 3. The molecule has 1 N–H and O–H groups in total. The summed E-state index contributed by atoms with van der Waals surface area (Å²) in [7, 11) is 0. The molecule has 1 saturated heterocycles. The number of nitrogens with one attached hydrogen (secondary N) is 1. The largest absolute Gasteiger partial charge is 0.314 e. The predicted molar refractivity (Wildman–Crippen MR) is 109 cm³/mol. The molecule has 0 bridgehead atoms. The lowest BCUT2D eigenvalue weighted by Crippen LogP contribution is -2.45. The van der Waals surface area contributed by atoms with Gasteiger partial charge in [-0.1, -0.05) is 42.5 Å². The lowest BCUT2D eigenvalue weighted by atomic mass is 9.99. The number of hydrogen-bond donors (Lipinski definition) is 1. The Bertz CT molecular complexity index is 755.